The second-order valence-electron chi connectivity index (χ2n) is 2.67. The van der Waals surface area contributed by atoms with Gasteiger partial charge in [-0.1, -0.05) is 30.9 Å². The molecule has 0 unspecified atom stereocenters. The number of hydrogen-bond acceptors (Lipinski definition) is 2. The lowest BCUT2D eigenvalue weighted by molar-refractivity contribution is -0.124. The molecule has 0 bridgehead atoms. The summed E-state index contributed by atoms with van der Waals surface area (Å²) in [7, 11) is 1.49. The molecule has 0 saturated carbocycles. The zero-order valence-corrected chi connectivity index (χ0v) is 8.75. The van der Waals surface area contributed by atoms with Crippen LogP contribution in [-0.4, -0.2) is 26.2 Å². The lowest BCUT2D eigenvalue weighted by atomic mass is 10.2. The van der Waals surface area contributed by atoms with E-state index in [1.165, 1.54) is 7.11 Å². The predicted molar refractivity (Wildman–Crippen MR) is 58.0 cm³/mol. The number of hydrogen-bond donors (Lipinski definition) is 1. The van der Waals surface area contributed by atoms with Gasteiger partial charge < -0.3 is 10.1 Å². The van der Waals surface area contributed by atoms with Crippen LogP contribution in [0.15, 0.2) is 36.5 Å². The number of nitrogens with one attached hydrogen (secondary N) is 1. The summed E-state index contributed by atoms with van der Waals surface area (Å²) in [6.07, 6.45) is 7.37. The van der Waals surface area contributed by atoms with E-state index in [2.05, 4.69) is 16.6 Å². The molecule has 1 amide bonds. The maximum atomic E-state index is 11.0. The lowest BCUT2D eigenvalue weighted by Gasteiger charge is -2.04. The van der Waals surface area contributed by atoms with Gasteiger partial charge in [0.15, 0.2) is 0 Å². The van der Waals surface area contributed by atoms with Gasteiger partial charge in [-0.2, -0.15) is 0 Å². The Bertz CT molecular complexity index is 242. The van der Waals surface area contributed by atoms with E-state index in [0.717, 1.165) is 5.57 Å². The quantitative estimate of drug-likeness (QED) is 0.651. The highest BCUT2D eigenvalue weighted by atomic mass is 16.5. The molecule has 0 radical (unpaired) electrons. The first-order valence-corrected chi connectivity index (χ1v) is 4.44. The van der Waals surface area contributed by atoms with Crippen LogP contribution in [0.2, 0.25) is 0 Å². The molecule has 0 heterocycles. The van der Waals surface area contributed by atoms with Crippen molar-refractivity contribution in [2.24, 2.45) is 0 Å². The van der Waals surface area contributed by atoms with Gasteiger partial charge in [0, 0.05) is 13.7 Å². The molecule has 0 aliphatic heterocycles. The smallest absolute Gasteiger partial charge is 0.246 e. The molecule has 3 nitrogen and oxygen atoms in total. The molecule has 0 rings (SSSR count). The summed E-state index contributed by atoms with van der Waals surface area (Å²) in [5.41, 5.74) is 1.04. The van der Waals surface area contributed by atoms with Crippen LogP contribution in [0.3, 0.4) is 0 Å². The van der Waals surface area contributed by atoms with E-state index < -0.39 is 0 Å². The molecule has 3 heteroatoms. The molecule has 0 aliphatic rings. The van der Waals surface area contributed by atoms with Crippen LogP contribution >= 0.6 is 0 Å². The van der Waals surface area contributed by atoms with E-state index in [4.69, 9.17) is 0 Å². The van der Waals surface area contributed by atoms with Crippen LogP contribution in [0, 0.1) is 0 Å². The molecule has 0 aliphatic carbocycles. The van der Waals surface area contributed by atoms with Crippen molar-refractivity contribution < 1.29 is 9.53 Å². The van der Waals surface area contributed by atoms with Crippen LogP contribution in [0.5, 0.6) is 0 Å². The Morgan fingerprint density at radius 1 is 1.57 bits per heavy atom. The topological polar surface area (TPSA) is 38.3 Å². The average molecular weight is 195 g/mol. The Morgan fingerprint density at radius 2 is 2.29 bits per heavy atom. The summed E-state index contributed by atoms with van der Waals surface area (Å²) < 4.78 is 4.68. The summed E-state index contributed by atoms with van der Waals surface area (Å²) in [4.78, 5) is 11.0. The Morgan fingerprint density at radius 3 is 2.79 bits per heavy atom. The first-order valence-electron chi connectivity index (χ1n) is 4.44. The minimum Gasteiger partial charge on any atom is -0.375 e. The summed E-state index contributed by atoms with van der Waals surface area (Å²) in [5, 5.41) is 2.73. The van der Waals surface area contributed by atoms with Gasteiger partial charge >= 0.3 is 0 Å². The lowest BCUT2D eigenvalue weighted by Crippen LogP contribution is -2.28. The Labute approximate surface area is 85.1 Å². The third-order valence-electron chi connectivity index (χ3n) is 1.58. The van der Waals surface area contributed by atoms with Crippen molar-refractivity contribution in [1.29, 1.82) is 0 Å². The van der Waals surface area contributed by atoms with Crippen LogP contribution in [0.25, 0.3) is 0 Å². The van der Waals surface area contributed by atoms with E-state index in [0.29, 0.717) is 6.54 Å². The number of carbonyl (C=O) groups is 1. The zero-order chi connectivity index (χ0) is 10.8. The van der Waals surface area contributed by atoms with E-state index >= 15 is 0 Å². The van der Waals surface area contributed by atoms with Gasteiger partial charge in [-0.05, 0) is 12.5 Å². The van der Waals surface area contributed by atoms with Crippen molar-refractivity contribution in [3.63, 3.8) is 0 Å². The summed E-state index contributed by atoms with van der Waals surface area (Å²) >= 11 is 0. The molecule has 78 valence electrons. The second-order valence-corrected chi connectivity index (χ2v) is 2.67. The minimum absolute atomic E-state index is 0.0994. The number of amides is 1. The third-order valence-corrected chi connectivity index (χ3v) is 1.58. The highest BCUT2D eigenvalue weighted by Crippen LogP contribution is 1.94. The number of carbonyl (C=O) groups excluding carboxylic acids is 1. The van der Waals surface area contributed by atoms with E-state index in [-0.39, 0.29) is 12.5 Å². The average Bonchev–Trinajstić information content (AvgIpc) is 2.19. The maximum Gasteiger partial charge on any atom is 0.246 e. The van der Waals surface area contributed by atoms with Crippen molar-refractivity contribution in [3.05, 3.63) is 36.5 Å². The molecule has 0 aromatic heterocycles. The maximum absolute atomic E-state index is 11.0. The SMILES string of the molecule is C=C/C=C\C(=C/C)CNC(=O)COC. The fourth-order valence-electron chi connectivity index (χ4n) is 0.832. The molecular weight excluding hydrogens is 178 g/mol. The molecular formula is C11H17NO2. The number of allylic oxidation sites excluding steroid dienone is 3. The molecule has 0 aromatic rings. The predicted octanol–water partition coefficient (Wildman–Crippen LogP) is 1.44. The van der Waals surface area contributed by atoms with E-state index in [1.807, 2.05) is 25.2 Å². The Balaban J connectivity index is 3.91. The summed E-state index contributed by atoms with van der Waals surface area (Å²) in [5.74, 6) is -0.112. The molecule has 1 N–H and O–H groups in total. The molecule has 0 aromatic carbocycles. The monoisotopic (exact) mass is 195 g/mol. The van der Waals surface area contributed by atoms with Crippen molar-refractivity contribution in [2.75, 3.05) is 20.3 Å². The van der Waals surface area contributed by atoms with Gasteiger partial charge in [-0.25, -0.2) is 0 Å². The van der Waals surface area contributed by atoms with Crippen molar-refractivity contribution in [1.82, 2.24) is 5.32 Å². The van der Waals surface area contributed by atoms with Gasteiger partial charge in [0.25, 0.3) is 0 Å². The number of methoxy groups -OCH3 is 1. The van der Waals surface area contributed by atoms with Gasteiger partial charge in [0.2, 0.25) is 5.91 Å². The van der Waals surface area contributed by atoms with E-state index in [1.54, 1.807) is 6.08 Å². The van der Waals surface area contributed by atoms with Gasteiger partial charge in [-0.15, -0.1) is 0 Å². The van der Waals surface area contributed by atoms with Crippen molar-refractivity contribution in [2.45, 2.75) is 6.92 Å². The van der Waals surface area contributed by atoms with Gasteiger partial charge in [0.05, 0.1) is 0 Å². The normalized spacial score (nSPS) is 11.7. The standard InChI is InChI=1S/C11H17NO2/c1-4-6-7-10(5-2)8-12-11(13)9-14-3/h4-7H,1,8-9H2,2-3H3,(H,12,13)/b7-6-,10-5+. The largest absolute Gasteiger partial charge is 0.375 e. The fraction of sp³-hybridized carbons (Fsp3) is 0.364. The van der Waals surface area contributed by atoms with Crippen LogP contribution < -0.4 is 5.32 Å². The zero-order valence-electron chi connectivity index (χ0n) is 8.75. The van der Waals surface area contributed by atoms with Crippen LogP contribution in [0.1, 0.15) is 6.92 Å². The van der Waals surface area contributed by atoms with Crippen LogP contribution in [0.4, 0.5) is 0 Å². The van der Waals surface area contributed by atoms with Gasteiger partial charge in [-0.3, -0.25) is 4.79 Å². The highest BCUT2D eigenvalue weighted by molar-refractivity contribution is 5.77. The molecule has 0 spiro atoms. The van der Waals surface area contributed by atoms with Crippen molar-refractivity contribution in [3.8, 4) is 0 Å². The molecule has 14 heavy (non-hydrogen) atoms. The Hall–Kier alpha value is -1.35. The Kier molecular flexibility index (Phi) is 7.46. The third kappa shape index (κ3) is 6.20. The molecule has 0 atom stereocenters. The molecule has 0 saturated heterocycles. The van der Waals surface area contributed by atoms with Crippen LogP contribution in [-0.2, 0) is 9.53 Å². The fourth-order valence-corrected chi connectivity index (χ4v) is 0.832. The number of ether oxygens (including phenoxy) is 1. The van der Waals surface area contributed by atoms with Gasteiger partial charge in [0.1, 0.15) is 6.61 Å². The van der Waals surface area contributed by atoms with E-state index in [9.17, 15) is 4.79 Å². The highest BCUT2D eigenvalue weighted by Gasteiger charge is 1.98. The van der Waals surface area contributed by atoms with Crippen molar-refractivity contribution >= 4 is 5.91 Å². The summed E-state index contributed by atoms with van der Waals surface area (Å²) in [6, 6.07) is 0. The first-order chi connectivity index (χ1) is 6.74. The molecule has 0 fully saturated rings. The summed E-state index contributed by atoms with van der Waals surface area (Å²) in [6.45, 7) is 6.11. The second kappa shape index (κ2) is 8.26. The minimum atomic E-state index is -0.112. The number of rotatable bonds is 6. The first kappa shape index (κ1) is 12.7.